The standard InChI is InChI=1S/C101H137N11O20/c1-8-9-46-125-50-54-129-57-53-128-49-45-112-94-76-19-11-10-17-73(76)65-111(81-21-13-12-20-77(81)93(94)109-110-112)90(119)36-35-88(117)104-44-48-127-52-56-131-59-58-130-55-51-126-47-38-89(118)108-92(67(2)3)83(114)62-72(18-14-43-105-96(103)123)95(122)106-75-30-23-68(24-31-75)66-132-97(124)107-80(32-37-91(120)121)82(113)61-69-22-25-70-27-33-84-98(4,78(70)60-69)39-15-41-100(84,6)86(115)64-87(116)101(7)42-16-40-99(5)79-63-74(102)29-26-71(79)28-34-85(99)101/h10-13,17,19-26,29-31,60,63,67,72,80,84-85,92H,8-9,14-16,18,27-28,32-59,61-62,64-66,102H2,1-7H3,(H,104,117)(H,106,122)(H,107,124)(H,108,118)(H,120,121)(H3,103,105,123)/t72-,80+,84-,85-,92+,98-,99-,100+,101+/m1/s1. The summed E-state index contributed by atoms with van der Waals surface area (Å²) in [6.07, 6.45) is 8.62. The lowest BCUT2D eigenvalue weighted by Gasteiger charge is -2.56. The van der Waals surface area contributed by atoms with E-state index in [0.29, 0.717) is 80.6 Å². The first-order chi connectivity index (χ1) is 63.5. The summed E-state index contributed by atoms with van der Waals surface area (Å²) in [5.41, 5.74) is 21.3. The number of carboxylic acid groups (broad SMARTS) is 1. The number of nitrogens with zero attached hydrogens (tertiary/aromatic N) is 4. The molecule has 31 nitrogen and oxygen atoms in total. The number of nitrogens with two attached hydrogens (primary N) is 2. The van der Waals surface area contributed by atoms with Crippen molar-refractivity contribution in [1.29, 1.82) is 0 Å². The quantitative estimate of drug-likeness (QED) is 0.00998. The van der Waals surface area contributed by atoms with Crippen LogP contribution in [0.25, 0.3) is 22.5 Å². The zero-order valence-corrected chi connectivity index (χ0v) is 78.0. The highest BCUT2D eigenvalue weighted by atomic mass is 16.6. The van der Waals surface area contributed by atoms with Crippen molar-refractivity contribution in [2.45, 2.75) is 232 Å². The maximum atomic E-state index is 15.0. The molecular weight excluding hydrogens is 1690 g/mol. The van der Waals surface area contributed by atoms with Gasteiger partial charge in [0.15, 0.2) is 11.6 Å². The van der Waals surface area contributed by atoms with Crippen LogP contribution < -0.4 is 43.0 Å². The van der Waals surface area contributed by atoms with E-state index in [4.69, 9.17) is 49.4 Å². The molecule has 7 amide bonds. The summed E-state index contributed by atoms with van der Waals surface area (Å²) >= 11 is 0. The van der Waals surface area contributed by atoms with Crippen LogP contribution in [0, 0.1) is 34.5 Å². The molecule has 716 valence electrons. The van der Waals surface area contributed by atoms with Gasteiger partial charge >= 0.3 is 18.1 Å². The summed E-state index contributed by atoms with van der Waals surface area (Å²) in [6.45, 7) is 20.1. The molecule has 5 aliphatic rings. The number of unbranched alkanes of at least 4 members (excludes halogenated alkanes) is 1. The SMILES string of the molecule is CCCCOCCOCCOCCn1nnc2c1-c1ccccc1CN(C(=O)CCC(=O)NCCOCCOCCOCCOCCC(=O)N[C@H](C(=O)C[C@@H](CCCNC(N)=O)C(=O)Nc1ccc(COC(=O)N[C@@H](CCC(=O)O)C(=O)Cc3ccc4c(c3)[C@@]3(C)CCC[C@](C)(C(=O)CC(=O)[C@@]5(C)CCC[C@]6(C)c7cc(N)ccc7CC[C@@H]56)[C@@H]3CC4)cc1)C(C)C)c1ccccc1-2. The van der Waals surface area contributed by atoms with Gasteiger partial charge in [0.1, 0.15) is 23.9 Å². The molecule has 1 aliphatic heterocycles. The number of fused-ring (bicyclic) bond motifs is 11. The monoisotopic (exact) mass is 1820 g/mol. The second kappa shape index (κ2) is 49.4. The predicted molar refractivity (Wildman–Crippen MR) is 498 cm³/mol. The van der Waals surface area contributed by atoms with Gasteiger partial charge in [0.05, 0.1) is 129 Å². The Bertz CT molecular complexity index is 4940. The zero-order valence-electron chi connectivity index (χ0n) is 78.0. The number of hydrogen-bond acceptors (Lipinski definition) is 22. The first-order valence-electron chi connectivity index (χ1n) is 47.3. The summed E-state index contributed by atoms with van der Waals surface area (Å²) < 4.78 is 47.1. The molecule has 1 aromatic heterocycles. The number of hydrogen-bond donors (Lipinski definition) is 8. The van der Waals surface area contributed by atoms with Gasteiger partial charge in [-0.05, 0) is 175 Å². The lowest BCUT2D eigenvalue weighted by atomic mass is 9.47. The van der Waals surface area contributed by atoms with Crippen LogP contribution in [0.3, 0.4) is 0 Å². The van der Waals surface area contributed by atoms with Crippen LogP contribution in [-0.2, 0) is 131 Å². The number of alkyl carbamates (subject to hydrolysis) is 1. The number of rotatable bonds is 54. The normalized spacial score (nSPS) is 20.0. The predicted octanol–water partition coefficient (Wildman–Crippen LogP) is 12.6. The maximum absolute atomic E-state index is 15.0. The number of aliphatic carboxylic acids is 1. The molecular formula is C101H137N11O20. The molecule has 0 bridgehead atoms. The Morgan fingerprint density at radius 3 is 1.78 bits per heavy atom. The minimum Gasteiger partial charge on any atom is -0.481 e. The van der Waals surface area contributed by atoms with Crippen LogP contribution in [0.5, 0.6) is 0 Å². The largest absolute Gasteiger partial charge is 0.481 e. The van der Waals surface area contributed by atoms with E-state index < -0.39 is 76.4 Å². The number of ketones is 4. The molecule has 132 heavy (non-hydrogen) atoms. The highest BCUT2D eigenvalue weighted by Gasteiger charge is 2.58. The number of aromatic nitrogens is 3. The summed E-state index contributed by atoms with van der Waals surface area (Å²) in [7, 11) is 0. The van der Waals surface area contributed by atoms with Crippen molar-refractivity contribution in [3.8, 4) is 22.5 Å². The van der Waals surface area contributed by atoms with Crippen molar-refractivity contribution < 1.29 is 95.7 Å². The number of Topliss-reactive ketones (excluding diaryl/α,β-unsaturated/α-hetero) is 4. The third-order valence-corrected chi connectivity index (χ3v) is 27.5. The topological polar surface area (TPSA) is 428 Å². The van der Waals surface area contributed by atoms with E-state index in [1.807, 2.05) is 77.5 Å². The number of urea groups is 1. The number of nitrogens with one attached hydrogen (secondary N) is 5. The minimum atomic E-state index is -1.21. The number of carboxylic acids is 1. The number of carbonyl (C=O) groups is 11. The molecule has 0 unspecified atom stereocenters. The van der Waals surface area contributed by atoms with Crippen LogP contribution in [0.15, 0.2) is 109 Å². The lowest BCUT2D eigenvalue weighted by Crippen LogP contribution is -2.55. The van der Waals surface area contributed by atoms with Crippen LogP contribution in [0.1, 0.15) is 209 Å². The molecule has 0 saturated heterocycles. The van der Waals surface area contributed by atoms with Gasteiger partial charge in [-0.25, -0.2) is 14.3 Å². The van der Waals surface area contributed by atoms with Gasteiger partial charge in [0.25, 0.3) is 0 Å². The summed E-state index contributed by atoms with van der Waals surface area (Å²) in [4.78, 5) is 151. The number of carbonyl (C=O) groups excluding carboxylic acids is 10. The zero-order chi connectivity index (χ0) is 94.4. The molecule has 31 heteroatoms. The third-order valence-electron chi connectivity index (χ3n) is 27.5. The number of amides is 7. The molecule has 2 heterocycles. The number of ether oxygens (including phenoxy) is 8. The van der Waals surface area contributed by atoms with Crippen molar-refractivity contribution in [2.24, 2.45) is 40.2 Å². The number of benzene rings is 5. The Balaban J connectivity index is 0.555. The van der Waals surface area contributed by atoms with Crippen LogP contribution in [0.4, 0.5) is 26.7 Å². The molecule has 9 atom stereocenters. The number of nitrogen functional groups attached to an aromatic ring is 1. The van der Waals surface area contributed by atoms with Crippen molar-refractivity contribution in [1.82, 2.24) is 36.3 Å². The van der Waals surface area contributed by atoms with E-state index in [0.717, 1.165) is 116 Å². The van der Waals surface area contributed by atoms with Crippen molar-refractivity contribution in [3.63, 3.8) is 0 Å². The van der Waals surface area contributed by atoms with Crippen LogP contribution in [-0.4, -0.2) is 203 Å². The van der Waals surface area contributed by atoms with Crippen LogP contribution >= 0.6 is 0 Å². The van der Waals surface area contributed by atoms with E-state index in [1.165, 1.54) is 11.1 Å². The first kappa shape index (κ1) is 102. The Morgan fingerprint density at radius 1 is 0.568 bits per heavy atom. The molecule has 2 saturated carbocycles. The summed E-state index contributed by atoms with van der Waals surface area (Å²) in [6, 6.07) is 31.1. The summed E-state index contributed by atoms with van der Waals surface area (Å²) in [5, 5.41) is 32.6. The highest BCUT2D eigenvalue weighted by molar-refractivity contribution is 6.05. The van der Waals surface area contributed by atoms with E-state index in [9.17, 15) is 53.1 Å². The maximum Gasteiger partial charge on any atom is 0.408 e. The van der Waals surface area contributed by atoms with E-state index >= 15 is 4.79 Å². The second-order valence-electron chi connectivity index (χ2n) is 37.0. The van der Waals surface area contributed by atoms with E-state index in [1.54, 1.807) is 43.0 Å². The summed E-state index contributed by atoms with van der Waals surface area (Å²) in [5.74, 6) is -4.54. The fraction of sp³-hybridized carbons (Fsp3) is 0.574. The second-order valence-corrected chi connectivity index (χ2v) is 37.0. The average Bonchev–Trinajstić information content (AvgIpc) is 0.841. The van der Waals surface area contributed by atoms with Gasteiger partial charge in [-0.2, -0.15) is 0 Å². The molecule has 0 radical (unpaired) electrons. The first-order valence-corrected chi connectivity index (χ1v) is 47.3. The van der Waals surface area contributed by atoms with Gasteiger partial charge in [0, 0.05) is 97.5 Å². The van der Waals surface area contributed by atoms with E-state index in [-0.39, 0.29) is 183 Å². The smallest absolute Gasteiger partial charge is 0.408 e. The third kappa shape index (κ3) is 27.3. The van der Waals surface area contributed by atoms with Crippen molar-refractivity contribution in [2.75, 3.05) is 122 Å². The van der Waals surface area contributed by atoms with Gasteiger partial charge in [-0.3, -0.25) is 43.2 Å². The molecule has 6 aromatic rings. The minimum absolute atomic E-state index is 0.00342. The Labute approximate surface area is 774 Å². The number of anilines is 3. The molecule has 5 aromatic carbocycles. The Morgan fingerprint density at radius 2 is 1.15 bits per heavy atom. The average molecular weight is 1830 g/mol. The van der Waals surface area contributed by atoms with Gasteiger partial charge < -0.3 is 86.0 Å². The molecule has 0 spiro atoms. The van der Waals surface area contributed by atoms with Gasteiger partial charge in [-0.15, -0.1) is 5.10 Å². The Kier molecular flexibility index (Phi) is 38.1. The van der Waals surface area contributed by atoms with E-state index in [2.05, 4.69) is 83.6 Å². The molecule has 11 rings (SSSR count). The van der Waals surface area contributed by atoms with Crippen LogP contribution in [0.2, 0.25) is 0 Å². The lowest BCUT2D eigenvalue weighted by molar-refractivity contribution is -0.146. The fourth-order valence-electron chi connectivity index (χ4n) is 20.4. The Hall–Kier alpha value is -10.7. The van der Waals surface area contributed by atoms with Crippen molar-refractivity contribution >= 4 is 81.9 Å². The number of primary amides is 1. The van der Waals surface area contributed by atoms with Gasteiger partial charge in [-0.1, -0.05) is 152 Å². The molecule has 4 aliphatic carbocycles. The fourth-order valence-corrected chi connectivity index (χ4v) is 20.4. The van der Waals surface area contributed by atoms with Gasteiger partial charge in [0.2, 0.25) is 23.6 Å². The molecule has 10 N–H and O–H groups in total. The number of aryl methyl sites for hydroxylation is 2. The van der Waals surface area contributed by atoms with Crippen molar-refractivity contribution in [3.05, 3.63) is 148 Å². The highest BCUT2D eigenvalue weighted by Crippen LogP contribution is 2.61. The number of para-hydroxylation sites is 1. The molecule has 2 fully saturated rings.